The third-order valence-electron chi connectivity index (χ3n) is 1.64. The molecule has 0 atom stereocenters. The van der Waals surface area contributed by atoms with Crippen LogP contribution in [0.5, 0.6) is 0 Å². The van der Waals surface area contributed by atoms with Gasteiger partial charge >= 0.3 is 0 Å². The molecule has 0 aromatic carbocycles. The summed E-state index contributed by atoms with van der Waals surface area (Å²) in [5.41, 5.74) is 0. The van der Waals surface area contributed by atoms with Crippen LogP contribution in [0.2, 0.25) is 0 Å². The summed E-state index contributed by atoms with van der Waals surface area (Å²) in [6.07, 6.45) is 1.14. The Kier molecular flexibility index (Phi) is 5.66. The van der Waals surface area contributed by atoms with Crippen molar-refractivity contribution < 1.29 is 4.74 Å². The summed E-state index contributed by atoms with van der Waals surface area (Å²) in [5, 5.41) is 13.4. The highest BCUT2D eigenvalue weighted by Crippen LogP contribution is 2.10. The topological polar surface area (TPSA) is 47.0 Å². The van der Waals surface area contributed by atoms with Gasteiger partial charge in [0, 0.05) is 13.2 Å². The number of nitrogens with zero attached hydrogens (tertiary/aromatic N) is 2. The second-order valence-electron chi connectivity index (χ2n) is 2.90. The highest BCUT2D eigenvalue weighted by Gasteiger charge is 2.02. The van der Waals surface area contributed by atoms with E-state index in [0.29, 0.717) is 6.61 Å². The second kappa shape index (κ2) is 6.86. The first-order chi connectivity index (χ1) is 6.86. The van der Waals surface area contributed by atoms with Crippen molar-refractivity contribution in [1.29, 1.82) is 0 Å². The Labute approximate surface area is 88.7 Å². The minimum Gasteiger partial charge on any atom is -0.374 e. The molecule has 1 aromatic rings. The lowest BCUT2D eigenvalue weighted by molar-refractivity contribution is 0.133. The maximum absolute atomic E-state index is 5.25. The van der Waals surface area contributed by atoms with Crippen molar-refractivity contribution in [3.8, 4) is 0 Å². The lowest BCUT2D eigenvalue weighted by Gasteiger charge is -1.96. The molecule has 0 aliphatic carbocycles. The lowest BCUT2D eigenvalue weighted by Crippen LogP contribution is -2.13. The minimum absolute atomic E-state index is 0.585. The molecule has 4 nitrogen and oxygen atoms in total. The molecule has 1 N–H and O–H groups in total. The Morgan fingerprint density at radius 1 is 1.29 bits per heavy atom. The molecular formula is C9H17N3OS. The minimum atomic E-state index is 0.585. The van der Waals surface area contributed by atoms with Crippen LogP contribution in [0.4, 0.5) is 0 Å². The molecule has 1 rings (SSSR count). The molecule has 0 aliphatic rings. The van der Waals surface area contributed by atoms with Crippen molar-refractivity contribution in [3.05, 3.63) is 10.0 Å². The number of aromatic nitrogens is 2. The second-order valence-corrected chi connectivity index (χ2v) is 4.05. The highest BCUT2D eigenvalue weighted by atomic mass is 32.1. The van der Waals surface area contributed by atoms with Gasteiger partial charge in [-0.15, -0.1) is 10.2 Å². The molecule has 0 unspecified atom stereocenters. The molecule has 14 heavy (non-hydrogen) atoms. The molecule has 0 bridgehead atoms. The fourth-order valence-corrected chi connectivity index (χ4v) is 1.73. The smallest absolute Gasteiger partial charge is 0.143 e. The molecule has 80 valence electrons. The zero-order valence-electron chi connectivity index (χ0n) is 8.75. The van der Waals surface area contributed by atoms with Crippen LogP contribution in [0.3, 0.4) is 0 Å². The van der Waals surface area contributed by atoms with Gasteiger partial charge in [0.1, 0.15) is 16.6 Å². The van der Waals surface area contributed by atoms with Gasteiger partial charge in [-0.05, 0) is 19.9 Å². The van der Waals surface area contributed by atoms with E-state index < -0.39 is 0 Å². The summed E-state index contributed by atoms with van der Waals surface area (Å²) >= 11 is 1.61. The van der Waals surface area contributed by atoms with Crippen LogP contribution >= 0.6 is 11.3 Å². The zero-order valence-corrected chi connectivity index (χ0v) is 9.56. The maximum atomic E-state index is 5.25. The summed E-state index contributed by atoms with van der Waals surface area (Å²) in [6.45, 7) is 7.28. The molecule has 0 saturated carbocycles. The summed E-state index contributed by atoms with van der Waals surface area (Å²) < 4.78 is 5.25. The molecule has 1 aromatic heterocycles. The molecule has 0 amide bonds. The van der Waals surface area contributed by atoms with Gasteiger partial charge in [0.2, 0.25) is 0 Å². The van der Waals surface area contributed by atoms with Crippen molar-refractivity contribution in [2.75, 3.05) is 13.2 Å². The molecule has 0 fully saturated rings. The number of ether oxygens (including phenoxy) is 1. The summed E-state index contributed by atoms with van der Waals surface area (Å²) in [5.74, 6) is 0. The van der Waals surface area contributed by atoms with Crippen LogP contribution in [-0.4, -0.2) is 23.3 Å². The van der Waals surface area contributed by atoms with E-state index in [-0.39, 0.29) is 0 Å². The number of rotatable bonds is 7. The Balaban J connectivity index is 2.27. The first-order valence-corrected chi connectivity index (χ1v) is 5.78. The molecule has 0 spiro atoms. The molecule has 1 heterocycles. The van der Waals surface area contributed by atoms with E-state index in [2.05, 4.69) is 22.4 Å². The van der Waals surface area contributed by atoms with Gasteiger partial charge in [0.25, 0.3) is 0 Å². The van der Waals surface area contributed by atoms with Gasteiger partial charge in [0.15, 0.2) is 0 Å². The van der Waals surface area contributed by atoms with Gasteiger partial charge in [-0.25, -0.2) is 0 Å². The number of hydrogen-bond acceptors (Lipinski definition) is 5. The van der Waals surface area contributed by atoms with Crippen LogP contribution in [-0.2, 0) is 17.9 Å². The van der Waals surface area contributed by atoms with E-state index in [1.807, 2.05) is 6.92 Å². The van der Waals surface area contributed by atoms with E-state index in [1.165, 1.54) is 0 Å². The molecule has 5 heteroatoms. The Morgan fingerprint density at radius 2 is 2.07 bits per heavy atom. The summed E-state index contributed by atoms with van der Waals surface area (Å²) in [4.78, 5) is 0. The van der Waals surface area contributed by atoms with Gasteiger partial charge < -0.3 is 10.1 Å². The van der Waals surface area contributed by atoms with Crippen molar-refractivity contribution >= 4 is 11.3 Å². The SMILES string of the molecule is CCCNCc1nnc(COCC)s1. The van der Waals surface area contributed by atoms with Crippen LogP contribution in [0.15, 0.2) is 0 Å². The third kappa shape index (κ3) is 4.13. The largest absolute Gasteiger partial charge is 0.374 e. The van der Waals surface area contributed by atoms with Crippen molar-refractivity contribution in [2.24, 2.45) is 0 Å². The van der Waals surface area contributed by atoms with Crippen molar-refractivity contribution in [2.45, 2.75) is 33.4 Å². The number of nitrogens with one attached hydrogen (secondary N) is 1. The van der Waals surface area contributed by atoms with Crippen LogP contribution in [0.1, 0.15) is 30.3 Å². The standard InChI is InChI=1S/C9H17N3OS/c1-3-5-10-6-8-11-12-9(14-8)7-13-4-2/h10H,3-7H2,1-2H3. The van der Waals surface area contributed by atoms with Gasteiger partial charge in [-0.3, -0.25) is 0 Å². The Bertz CT molecular complexity index is 252. The van der Waals surface area contributed by atoms with E-state index in [9.17, 15) is 0 Å². The van der Waals surface area contributed by atoms with Crippen LogP contribution in [0.25, 0.3) is 0 Å². The van der Waals surface area contributed by atoms with E-state index in [0.717, 1.165) is 36.1 Å². The molecule has 0 aliphatic heterocycles. The average molecular weight is 215 g/mol. The summed E-state index contributed by atoms with van der Waals surface area (Å²) in [6, 6.07) is 0. The molecular weight excluding hydrogens is 198 g/mol. The van der Waals surface area contributed by atoms with Gasteiger partial charge in [-0.1, -0.05) is 18.3 Å². The van der Waals surface area contributed by atoms with E-state index in [4.69, 9.17) is 4.74 Å². The normalized spacial score (nSPS) is 10.7. The van der Waals surface area contributed by atoms with Crippen molar-refractivity contribution in [3.63, 3.8) is 0 Å². The molecule has 0 radical (unpaired) electrons. The Hall–Kier alpha value is -0.520. The van der Waals surface area contributed by atoms with Crippen LogP contribution < -0.4 is 5.32 Å². The summed E-state index contributed by atoms with van der Waals surface area (Å²) in [7, 11) is 0. The maximum Gasteiger partial charge on any atom is 0.143 e. The predicted octanol–water partition coefficient (Wildman–Crippen LogP) is 1.57. The first kappa shape index (κ1) is 11.6. The van der Waals surface area contributed by atoms with Crippen molar-refractivity contribution in [1.82, 2.24) is 15.5 Å². The van der Waals surface area contributed by atoms with E-state index >= 15 is 0 Å². The Morgan fingerprint density at radius 3 is 2.79 bits per heavy atom. The van der Waals surface area contributed by atoms with Crippen LogP contribution in [0, 0.1) is 0 Å². The third-order valence-corrected chi connectivity index (χ3v) is 2.54. The quantitative estimate of drug-likeness (QED) is 0.701. The van der Waals surface area contributed by atoms with Gasteiger partial charge in [0.05, 0.1) is 0 Å². The monoisotopic (exact) mass is 215 g/mol. The number of hydrogen-bond donors (Lipinski definition) is 1. The average Bonchev–Trinajstić information content (AvgIpc) is 2.63. The predicted molar refractivity (Wildman–Crippen MR) is 57.2 cm³/mol. The highest BCUT2D eigenvalue weighted by molar-refractivity contribution is 7.11. The lowest BCUT2D eigenvalue weighted by atomic mass is 10.5. The zero-order chi connectivity index (χ0) is 10.2. The first-order valence-electron chi connectivity index (χ1n) is 4.96. The fourth-order valence-electron chi connectivity index (χ4n) is 0.980. The molecule has 0 saturated heterocycles. The van der Waals surface area contributed by atoms with Gasteiger partial charge in [-0.2, -0.15) is 0 Å². The van der Waals surface area contributed by atoms with E-state index in [1.54, 1.807) is 11.3 Å². The fraction of sp³-hybridized carbons (Fsp3) is 0.778.